The third-order valence-electron chi connectivity index (χ3n) is 2.53. The summed E-state index contributed by atoms with van der Waals surface area (Å²) in [6.07, 6.45) is 2.71. The van der Waals surface area contributed by atoms with Gasteiger partial charge in [-0.05, 0) is 13.0 Å². The Hall–Kier alpha value is -1.27. The maximum atomic E-state index is 4.26. The quantitative estimate of drug-likeness (QED) is 0.787. The molecule has 0 spiro atoms. The highest BCUT2D eigenvalue weighted by Gasteiger charge is 2.16. The highest BCUT2D eigenvalue weighted by molar-refractivity contribution is 7.17. The minimum atomic E-state index is 0.477. The summed E-state index contributed by atoms with van der Waals surface area (Å²) in [5.74, 6) is 0.913. The number of thiazole rings is 1. The molecule has 1 fully saturated rings. The number of rotatable bonds is 2. The average Bonchev–Trinajstić information content (AvgIpc) is 2.87. The molecule has 2 aromatic heterocycles. The van der Waals surface area contributed by atoms with Gasteiger partial charge in [0.2, 0.25) is 0 Å². The van der Waals surface area contributed by atoms with E-state index >= 15 is 0 Å². The lowest BCUT2D eigenvalue weighted by Crippen LogP contribution is -2.22. The summed E-state index contributed by atoms with van der Waals surface area (Å²) >= 11 is 1.58. The smallest absolute Gasteiger partial charge is 0.175 e. The molecular formula is C9H11N5S. The predicted octanol–water partition coefficient (Wildman–Crippen LogP) is 0.860. The Morgan fingerprint density at radius 2 is 2.40 bits per heavy atom. The summed E-state index contributed by atoms with van der Waals surface area (Å²) in [6.45, 7) is 2.08. The summed E-state index contributed by atoms with van der Waals surface area (Å²) in [6, 6.07) is 0.477. The number of hydrogen-bond donors (Lipinski definition) is 2. The van der Waals surface area contributed by atoms with Gasteiger partial charge in [0.1, 0.15) is 16.8 Å². The molecule has 5 nitrogen and oxygen atoms in total. The molecule has 15 heavy (non-hydrogen) atoms. The molecule has 1 atom stereocenters. The van der Waals surface area contributed by atoms with E-state index in [2.05, 4.69) is 25.6 Å². The molecule has 0 bridgehead atoms. The summed E-state index contributed by atoms with van der Waals surface area (Å²) in [5.41, 5.74) is 2.58. The predicted molar refractivity (Wildman–Crippen MR) is 60.1 cm³/mol. The normalized spacial score (nSPS) is 20.9. The molecule has 2 N–H and O–H groups in total. The molecule has 78 valence electrons. The van der Waals surface area contributed by atoms with Crippen LogP contribution in [0.15, 0.2) is 11.8 Å². The van der Waals surface area contributed by atoms with Crippen LogP contribution in [0.2, 0.25) is 0 Å². The third-order valence-corrected chi connectivity index (χ3v) is 3.35. The molecule has 1 saturated heterocycles. The molecule has 2 aromatic rings. The van der Waals surface area contributed by atoms with Crippen LogP contribution in [-0.2, 0) is 0 Å². The van der Waals surface area contributed by atoms with Gasteiger partial charge in [-0.3, -0.25) is 0 Å². The first-order valence-electron chi connectivity index (χ1n) is 4.95. The van der Waals surface area contributed by atoms with E-state index in [0.29, 0.717) is 6.04 Å². The Labute approximate surface area is 91.0 Å². The van der Waals surface area contributed by atoms with Gasteiger partial charge in [0, 0.05) is 12.6 Å². The number of fused-ring (bicyclic) bond motifs is 1. The zero-order valence-electron chi connectivity index (χ0n) is 8.10. The highest BCUT2D eigenvalue weighted by Crippen LogP contribution is 2.23. The van der Waals surface area contributed by atoms with Crippen molar-refractivity contribution in [2.24, 2.45) is 0 Å². The van der Waals surface area contributed by atoms with Crippen molar-refractivity contribution in [1.82, 2.24) is 20.3 Å². The number of nitrogens with zero attached hydrogens (tertiary/aromatic N) is 3. The minimum absolute atomic E-state index is 0.477. The Kier molecular flexibility index (Phi) is 2.22. The van der Waals surface area contributed by atoms with Crippen LogP contribution < -0.4 is 10.6 Å². The fourth-order valence-electron chi connectivity index (χ4n) is 1.77. The van der Waals surface area contributed by atoms with Gasteiger partial charge in [0.25, 0.3) is 0 Å². The number of anilines is 1. The molecule has 0 radical (unpaired) electrons. The van der Waals surface area contributed by atoms with E-state index in [1.54, 1.807) is 23.2 Å². The first-order chi connectivity index (χ1) is 7.43. The second-order valence-corrected chi connectivity index (χ2v) is 4.42. The van der Waals surface area contributed by atoms with Crippen LogP contribution >= 0.6 is 11.3 Å². The molecule has 3 heterocycles. The lowest BCUT2D eigenvalue weighted by Gasteiger charge is -2.11. The Morgan fingerprint density at radius 1 is 1.40 bits per heavy atom. The topological polar surface area (TPSA) is 62.7 Å². The van der Waals surface area contributed by atoms with Crippen molar-refractivity contribution in [3.05, 3.63) is 11.8 Å². The van der Waals surface area contributed by atoms with E-state index in [1.165, 1.54) is 0 Å². The number of aromatic nitrogens is 3. The lowest BCUT2D eigenvalue weighted by atomic mass is 10.2. The van der Waals surface area contributed by atoms with Crippen LogP contribution in [0.4, 0.5) is 5.82 Å². The van der Waals surface area contributed by atoms with Gasteiger partial charge in [-0.2, -0.15) is 0 Å². The number of hydrogen-bond acceptors (Lipinski definition) is 6. The molecule has 0 amide bonds. The van der Waals surface area contributed by atoms with Crippen LogP contribution in [0.5, 0.6) is 0 Å². The van der Waals surface area contributed by atoms with Crippen LogP contribution in [0, 0.1) is 0 Å². The first-order valence-corrected chi connectivity index (χ1v) is 5.83. The Balaban J connectivity index is 1.92. The van der Waals surface area contributed by atoms with Crippen molar-refractivity contribution >= 4 is 27.5 Å². The highest BCUT2D eigenvalue weighted by atomic mass is 32.1. The standard InChI is InChI=1S/C9H11N5S/c1-2-10-3-6(1)14-9-7-8(11-4-12-9)13-5-15-7/h4-6,10H,1-3H2,(H,11,12,14). The largest absolute Gasteiger partial charge is 0.365 e. The molecule has 0 saturated carbocycles. The summed E-state index contributed by atoms with van der Waals surface area (Å²) in [4.78, 5) is 12.5. The second kappa shape index (κ2) is 3.71. The van der Waals surface area contributed by atoms with Crippen molar-refractivity contribution < 1.29 is 0 Å². The van der Waals surface area contributed by atoms with Gasteiger partial charge in [0.05, 0.1) is 5.51 Å². The SMILES string of the molecule is c1nc(NC2CCNC2)c2scnc2n1. The molecule has 0 aliphatic carbocycles. The van der Waals surface area contributed by atoms with Crippen LogP contribution in [-0.4, -0.2) is 34.1 Å². The maximum absolute atomic E-state index is 4.26. The van der Waals surface area contributed by atoms with E-state index in [1.807, 2.05) is 0 Å². The molecule has 1 aliphatic heterocycles. The Bertz CT molecular complexity index is 462. The van der Waals surface area contributed by atoms with Crippen LogP contribution in [0.3, 0.4) is 0 Å². The zero-order chi connectivity index (χ0) is 10.1. The average molecular weight is 221 g/mol. The third kappa shape index (κ3) is 1.66. The van der Waals surface area contributed by atoms with Crippen molar-refractivity contribution in [3.8, 4) is 0 Å². The van der Waals surface area contributed by atoms with Crippen molar-refractivity contribution in [3.63, 3.8) is 0 Å². The van der Waals surface area contributed by atoms with Crippen LogP contribution in [0.1, 0.15) is 6.42 Å². The van der Waals surface area contributed by atoms with Gasteiger partial charge in [0.15, 0.2) is 5.65 Å². The molecule has 3 rings (SSSR count). The van der Waals surface area contributed by atoms with Gasteiger partial charge < -0.3 is 10.6 Å². The fraction of sp³-hybridized carbons (Fsp3) is 0.444. The van der Waals surface area contributed by atoms with Crippen molar-refractivity contribution in [2.45, 2.75) is 12.5 Å². The van der Waals surface area contributed by atoms with E-state index in [-0.39, 0.29) is 0 Å². The van der Waals surface area contributed by atoms with Gasteiger partial charge in [-0.15, -0.1) is 11.3 Å². The van der Waals surface area contributed by atoms with Gasteiger partial charge in [-0.25, -0.2) is 15.0 Å². The van der Waals surface area contributed by atoms with Crippen molar-refractivity contribution in [2.75, 3.05) is 18.4 Å². The monoisotopic (exact) mass is 221 g/mol. The molecule has 1 aliphatic rings. The zero-order valence-corrected chi connectivity index (χ0v) is 8.92. The van der Waals surface area contributed by atoms with E-state index in [4.69, 9.17) is 0 Å². The summed E-state index contributed by atoms with van der Waals surface area (Å²) in [5, 5.41) is 6.74. The van der Waals surface area contributed by atoms with Gasteiger partial charge >= 0.3 is 0 Å². The van der Waals surface area contributed by atoms with E-state index in [9.17, 15) is 0 Å². The minimum Gasteiger partial charge on any atom is -0.365 e. The fourth-order valence-corrected chi connectivity index (χ4v) is 2.46. The molecule has 1 unspecified atom stereocenters. The lowest BCUT2D eigenvalue weighted by molar-refractivity contribution is 0.789. The van der Waals surface area contributed by atoms with Gasteiger partial charge in [-0.1, -0.05) is 0 Å². The van der Waals surface area contributed by atoms with Crippen molar-refractivity contribution in [1.29, 1.82) is 0 Å². The Morgan fingerprint density at radius 3 is 3.27 bits per heavy atom. The second-order valence-electron chi connectivity index (χ2n) is 3.56. The van der Waals surface area contributed by atoms with E-state index in [0.717, 1.165) is 35.7 Å². The summed E-state index contributed by atoms with van der Waals surface area (Å²) < 4.78 is 1.05. The molecular weight excluding hydrogens is 210 g/mol. The summed E-state index contributed by atoms with van der Waals surface area (Å²) in [7, 11) is 0. The molecule has 6 heteroatoms. The van der Waals surface area contributed by atoms with Crippen LogP contribution in [0.25, 0.3) is 10.3 Å². The maximum Gasteiger partial charge on any atom is 0.175 e. The first kappa shape index (κ1) is 8.99. The van der Waals surface area contributed by atoms with E-state index < -0.39 is 0 Å². The molecule has 0 aromatic carbocycles. The number of nitrogens with one attached hydrogen (secondary N) is 2.